The van der Waals surface area contributed by atoms with Crippen molar-refractivity contribution >= 4 is 11.9 Å². The monoisotopic (exact) mass is 614 g/mol. The van der Waals surface area contributed by atoms with Gasteiger partial charge in [0.1, 0.15) is 0 Å². The van der Waals surface area contributed by atoms with Crippen molar-refractivity contribution < 1.29 is 29.3 Å². The summed E-state index contributed by atoms with van der Waals surface area (Å²) in [5, 5.41) is 21.3. The molecule has 3 atom stereocenters. The lowest BCUT2D eigenvalue weighted by Gasteiger charge is -2.39. The summed E-state index contributed by atoms with van der Waals surface area (Å²) in [6.07, 6.45) is 7.07. The van der Waals surface area contributed by atoms with Crippen LogP contribution in [-0.2, 0) is 32.2 Å². The lowest BCUT2D eigenvalue weighted by atomic mass is 9.97. The first-order valence-corrected chi connectivity index (χ1v) is 16.4. The molecule has 8 heteroatoms. The van der Waals surface area contributed by atoms with Gasteiger partial charge in [-0.25, -0.2) is 0 Å². The van der Waals surface area contributed by atoms with Gasteiger partial charge in [-0.05, 0) is 60.2 Å². The van der Waals surface area contributed by atoms with E-state index in [1.165, 1.54) is 32.1 Å². The average Bonchev–Trinajstić information content (AvgIpc) is 3.05. The molecule has 0 aliphatic carbocycles. The van der Waals surface area contributed by atoms with Crippen molar-refractivity contribution in [2.24, 2.45) is 0 Å². The number of hydrogen-bond acceptors (Lipinski definition) is 6. The van der Waals surface area contributed by atoms with Gasteiger partial charge in [0.25, 0.3) is 0 Å². The van der Waals surface area contributed by atoms with Crippen LogP contribution in [-0.4, -0.2) is 52.7 Å². The third-order valence-electron chi connectivity index (χ3n) is 8.81. The zero-order chi connectivity index (χ0) is 31.4. The molecule has 0 aromatic heterocycles. The first-order chi connectivity index (χ1) is 22.0. The molecule has 45 heavy (non-hydrogen) atoms. The molecular formula is C37H46N2O6. The number of hydrogen-bond donors (Lipinski definition) is 3. The Kier molecular flexibility index (Phi) is 12.2. The molecule has 2 saturated heterocycles. The Labute approximate surface area is 266 Å². The summed E-state index contributed by atoms with van der Waals surface area (Å²) in [7, 11) is 0. The zero-order valence-corrected chi connectivity index (χ0v) is 26.0. The summed E-state index contributed by atoms with van der Waals surface area (Å²) in [6.45, 7) is 3.49. The Bertz CT molecular complexity index is 1370. The van der Waals surface area contributed by atoms with E-state index in [0.29, 0.717) is 13.0 Å². The number of aliphatic hydroxyl groups excluding tert-OH is 1. The van der Waals surface area contributed by atoms with Crippen LogP contribution in [0, 0.1) is 0 Å². The average molecular weight is 615 g/mol. The number of nitrogens with zero attached hydrogens (tertiary/aromatic N) is 1. The standard InChI is InChI=1S/C37H46N2O6/c40-26-27-13-15-29(16-14-27)34-23-32(25-39-21-6-2-1-3-7-22-39)44-37(45-34)30-19-17-28(18-20-30)33-10-5-4-9-31(33)24-38-35(41)11-8-12-36(42)43/h4-5,9-10,13-20,32,34,37,40H,1-3,6-8,11-12,21-26H2,(H,38,41)(H,42,43)/t32-,34+,37+/m0/s1. The summed E-state index contributed by atoms with van der Waals surface area (Å²) < 4.78 is 13.2. The predicted octanol–water partition coefficient (Wildman–Crippen LogP) is 6.53. The number of benzene rings is 3. The quantitative estimate of drug-likeness (QED) is 0.213. The highest BCUT2D eigenvalue weighted by Gasteiger charge is 2.33. The Morgan fingerprint density at radius 1 is 0.822 bits per heavy atom. The van der Waals surface area contributed by atoms with E-state index in [1.54, 1.807) is 0 Å². The molecule has 3 aromatic rings. The van der Waals surface area contributed by atoms with Gasteiger partial charge >= 0.3 is 5.97 Å². The van der Waals surface area contributed by atoms with Crippen LogP contribution in [0.25, 0.3) is 11.1 Å². The van der Waals surface area contributed by atoms with E-state index in [-0.39, 0.29) is 37.6 Å². The maximum atomic E-state index is 12.3. The van der Waals surface area contributed by atoms with Gasteiger partial charge in [0.15, 0.2) is 6.29 Å². The van der Waals surface area contributed by atoms with Crippen LogP contribution >= 0.6 is 0 Å². The molecule has 5 rings (SSSR count). The van der Waals surface area contributed by atoms with Crippen molar-refractivity contribution in [3.05, 3.63) is 95.1 Å². The fraction of sp³-hybridized carbons (Fsp3) is 0.459. The van der Waals surface area contributed by atoms with Gasteiger partial charge in [0, 0.05) is 37.9 Å². The van der Waals surface area contributed by atoms with E-state index in [2.05, 4.69) is 46.6 Å². The normalized spacial score (nSPS) is 21.0. The Balaban J connectivity index is 1.29. The number of carboxylic acids is 1. The van der Waals surface area contributed by atoms with E-state index in [4.69, 9.17) is 14.6 Å². The largest absolute Gasteiger partial charge is 0.481 e. The van der Waals surface area contributed by atoms with Crippen LogP contribution in [0.2, 0.25) is 0 Å². The van der Waals surface area contributed by atoms with E-state index in [9.17, 15) is 14.7 Å². The van der Waals surface area contributed by atoms with Crippen LogP contribution in [0.4, 0.5) is 0 Å². The Hall–Kier alpha value is -3.56. The summed E-state index contributed by atoms with van der Waals surface area (Å²) in [4.78, 5) is 25.6. The van der Waals surface area contributed by atoms with Crippen LogP contribution < -0.4 is 5.32 Å². The van der Waals surface area contributed by atoms with Crippen molar-refractivity contribution in [2.75, 3.05) is 19.6 Å². The minimum Gasteiger partial charge on any atom is -0.481 e. The molecule has 0 bridgehead atoms. The predicted molar refractivity (Wildman–Crippen MR) is 173 cm³/mol. The molecule has 1 amide bonds. The molecule has 2 fully saturated rings. The van der Waals surface area contributed by atoms with Crippen molar-refractivity contribution in [2.45, 2.75) is 89.4 Å². The zero-order valence-electron chi connectivity index (χ0n) is 26.0. The summed E-state index contributed by atoms with van der Waals surface area (Å²) >= 11 is 0. The number of rotatable bonds is 12. The molecule has 8 nitrogen and oxygen atoms in total. The van der Waals surface area contributed by atoms with E-state index in [1.807, 2.05) is 36.4 Å². The number of carboxylic acid groups (broad SMARTS) is 1. The molecule has 2 aliphatic rings. The van der Waals surface area contributed by atoms with Crippen LogP contribution in [0.1, 0.15) is 92.4 Å². The van der Waals surface area contributed by atoms with E-state index in [0.717, 1.165) is 59.4 Å². The highest BCUT2D eigenvalue weighted by molar-refractivity contribution is 5.77. The number of carbonyl (C=O) groups excluding carboxylic acids is 1. The van der Waals surface area contributed by atoms with Crippen molar-refractivity contribution in [1.82, 2.24) is 10.2 Å². The van der Waals surface area contributed by atoms with Gasteiger partial charge in [-0.3, -0.25) is 9.59 Å². The molecule has 0 radical (unpaired) electrons. The molecule has 3 N–H and O–H groups in total. The smallest absolute Gasteiger partial charge is 0.303 e. The maximum Gasteiger partial charge on any atom is 0.303 e. The molecule has 3 aromatic carbocycles. The number of likely N-dealkylation sites (tertiary alicyclic amines) is 1. The summed E-state index contributed by atoms with van der Waals surface area (Å²) in [5.74, 6) is -1.05. The third-order valence-corrected chi connectivity index (χ3v) is 8.81. The lowest BCUT2D eigenvalue weighted by molar-refractivity contribution is -0.253. The minimum absolute atomic E-state index is 0.0134. The Morgan fingerprint density at radius 2 is 1.51 bits per heavy atom. The van der Waals surface area contributed by atoms with E-state index < -0.39 is 12.3 Å². The number of carbonyl (C=O) groups is 2. The highest BCUT2D eigenvalue weighted by Crippen LogP contribution is 2.39. The van der Waals surface area contributed by atoms with Crippen LogP contribution in [0.3, 0.4) is 0 Å². The van der Waals surface area contributed by atoms with Gasteiger partial charge in [-0.2, -0.15) is 0 Å². The molecule has 0 spiro atoms. The summed E-state index contributed by atoms with van der Waals surface area (Å²) in [6, 6.07) is 24.3. The second-order valence-electron chi connectivity index (χ2n) is 12.2. The van der Waals surface area contributed by atoms with Gasteiger partial charge in [0.05, 0.1) is 18.8 Å². The van der Waals surface area contributed by atoms with Crippen LogP contribution in [0.5, 0.6) is 0 Å². The number of ether oxygens (including phenoxy) is 2. The molecule has 2 heterocycles. The molecule has 0 saturated carbocycles. The van der Waals surface area contributed by atoms with Crippen molar-refractivity contribution in [1.29, 1.82) is 0 Å². The first-order valence-electron chi connectivity index (χ1n) is 16.4. The van der Waals surface area contributed by atoms with Gasteiger partial charge in [-0.1, -0.05) is 92.1 Å². The maximum absolute atomic E-state index is 12.3. The number of aliphatic carboxylic acids is 1. The van der Waals surface area contributed by atoms with Crippen molar-refractivity contribution in [3.63, 3.8) is 0 Å². The first kappa shape index (κ1) is 32.8. The molecule has 0 unspecified atom stereocenters. The highest BCUT2D eigenvalue weighted by atomic mass is 16.7. The lowest BCUT2D eigenvalue weighted by Crippen LogP contribution is -2.40. The molecule has 240 valence electrons. The topological polar surface area (TPSA) is 108 Å². The van der Waals surface area contributed by atoms with Crippen molar-refractivity contribution in [3.8, 4) is 11.1 Å². The fourth-order valence-electron chi connectivity index (χ4n) is 6.27. The second kappa shape index (κ2) is 16.7. The van der Waals surface area contributed by atoms with Gasteiger partial charge < -0.3 is 29.9 Å². The summed E-state index contributed by atoms with van der Waals surface area (Å²) in [5.41, 5.74) is 5.97. The molecular weight excluding hydrogens is 568 g/mol. The fourth-order valence-corrected chi connectivity index (χ4v) is 6.27. The molecule has 2 aliphatic heterocycles. The number of aliphatic hydroxyl groups is 1. The van der Waals surface area contributed by atoms with Gasteiger partial charge in [0.2, 0.25) is 5.91 Å². The van der Waals surface area contributed by atoms with Crippen LogP contribution in [0.15, 0.2) is 72.8 Å². The number of nitrogens with one attached hydrogen (secondary N) is 1. The SMILES string of the molecule is O=C(O)CCCC(=O)NCc1ccccc1-c1ccc([C@@H]2O[C@H](CN3CCCCCCC3)C[C@H](c3ccc(CO)cc3)O2)cc1. The third kappa shape index (κ3) is 9.71. The second-order valence-corrected chi connectivity index (χ2v) is 12.2. The Morgan fingerprint density at radius 3 is 2.22 bits per heavy atom. The minimum atomic E-state index is -0.892. The number of amides is 1. The van der Waals surface area contributed by atoms with Gasteiger partial charge in [-0.15, -0.1) is 0 Å². The van der Waals surface area contributed by atoms with E-state index >= 15 is 0 Å².